The third-order valence-corrected chi connectivity index (χ3v) is 12.7. The summed E-state index contributed by atoms with van der Waals surface area (Å²) in [6, 6.07) is -5.74. The van der Waals surface area contributed by atoms with E-state index in [0.29, 0.717) is 23.4 Å². The zero-order valence-electron chi connectivity index (χ0n) is 43.2. The van der Waals surface area contributed by atoms with Crippen molar-refractivity contribution < 1.29 is 58.5 Å². The number of aliphatic hydroxyl groups is 1. The molecule has 1 heterocycles. The number of hydrogen-bond acceptors (Lipinski definition) is 16. The SMILES string of the molecule is CSCC[C@H](N)C(=O)N[C@@H](Cc1ccc(O)cc1)C(=O)N[C@@H](CC(C)C)C(=O)N[C@@H](Cc1cnc[nH]1)C(=O)N[C@@H](CS)C(=O)N[C@@H](CS)C(=O)N[C@@H](CC(C)C)C(=O)N[C@H](C(=O)N[C@@H](CC(C)C)C(=O)O)[C@@H](C)O. The minimum Gasteiger partial charge on any atom is -0.508 e. The summed E-state index contributed by atoms with van der Waals surface area (Å²) < 4.78 is 0. The fraction of sp³-hybridized carbons (Fsp3) is 0.625. The van der Waals surface area contributed by atoms with E-state index >= 15 is 0 Å². The number of carbonyl (C=O) groups excluding carboxylic acids is 8. The molecule has 23 nitrogen and oxygen atoms in total. The number of phenols is 1. The zero-order chi connectivity index (χ0) is 55.8. The van der Waals surface area contributed by atoms with Crippen LogP contribution in [0.4, 0.5) is 0 Å². The van der Waals surface area contributed by atoms with E-state index in [1.807, 2.05) is 20.1 Å². The average Bonchev–Trinajstić information content (AvgIpc) is 3.85. The number of aromatic hydroxyl groups is 1. The van der Waals surface area contributed by atoms with Gasteiger partial charge in [-0.05, 0) is 80.1 Å². The molecule has 1 aromatic heterocycles. The van der Waals surface area contributed by atoms with Gasteiger partial charge in [-0.3, -0.25) is 38.4 Å². The van der Waals surface area contributed by atoms with Crippen LogP contribution >= 0.6 is 37.0 Å². The lowest BCUT2D eigenvalue weighted by atomic mass is 10.00. The van der Waals surface area contributed by atoms with Crippen LogP contribution in [0.5, 0.6) is 5.75 Å². The standard InChI is InChI=1S/C48H77N11O12S3/c1-24(2)15-32(53-42(64)34(18-28-9-11-30(61)12-10-28)52-40(62)31(49)13-14-74-8)41(63)55-35(19-29-20-50-23-51-29)43(65)57-38(22-73)46(68)58-37(21-72)45(67)54-33(16-25(3)4)44(66)59-39(27(7)60)47(69)56-36(48(70)71)17-26(5)6/h9-12,20,23-27,31-39,60-61,72-73H,13-19,21-22,49H2,1-8H3,(H,50,51)(H,52,62)(H,53,64)(H,54,67)(H,55,63)(H,56,69)(H,57,65)(H,58,68)(H,59,66)(H,70,71)/t27-,31+,32+,33+,34+,35+,36+,37+,38+,39+/m1/s1. The van der Waals surface area contributed by atoms with Crippen molar-refractivity contribution in [3.05, 3.63) is 48.0 Å². The van der Waals surface area contributed by atoms with Crippen LogP contribution in [0.15, 0.2) is 36.8 Å². The lowest BCUT2D eigenvalue weighted by Gasteiger charge is -2.28. The van der Waals surface area contributed by atoms with E-state index < -0.39 is 114 Å². The van der Waals surface area contributed by atoms with Gasteiger partial charge in [-0.15, -0.1) is 0 Å². The number of nitrogens with zero attached hydrogens (tertiary/aromatic N) is 1. The quantitative estimate of drug-likeness (QED) is 0.0394. The zero-order valence-corrected chi connectivity index (χ0v) is 45.8. The number of thiol groups is 2. The Kier molecular flexibility index (Phi) is 28.5. The molecule has 26 heteroatoms. The van der Waals surface area contributed by atoms with Crippen LogP contribution in [-0.4, -0.2) is 163 Å². The molecule has 1 aromatic carbocycles. The molecule has 0 spiro atoms. The van der Waals surface area contributed by atoms with E-state index in [2.05, 4.69) is 77.8 Å². The Morgan fingerprint density at radius 1 is 0.595 bits per heavy atom. The molecule has 0 radical (unpaired) electrons. The molecule has 14 N–H and O–H groups in total. The highest BCUT2D eigenvalue weighted by molar-refractivity contribution is 7.98. The van der Waals surface area contributed by atoms with E-state index in [9.17, 15) is 58.5 Å². The number of hydrogen-bond donors (Lipinski definition) is 15. The number of H-pyrrole nitrogens is 1. The number of aromatic amines is 1. The molecule has 74 heavy (non-hydrogen) atoms. The second-order valence-electron chi connectivity index (χ2n) is 19.3. The molecule has 0 aliphatic rings. The topological polar surface area (TPSA) is 365 Å². The molecule has 414 valence electrons. The number of benzene rings is 1. The van der Waals surface area contributed by atoms with Gasteiger partial charge in [0.05, 0.1) is 18.5 Å². The number of rotatable bonds is 33. The molecule has 0 bridgehead atoms. The normalized spacial score (nSPS) is 15.4. The molecule has 2 aromatic rings. The van der Waals surface area contributed by atoms with Crippen molar-refractivity contribution in [2.24, 2.45) is 23.5 Å². The molecule has 2 rings (SSSR count). The Labute approximate surface area is 447 Å². The third kappa shape index (κ3) is 22.9. The van der Waals surface area contributed by atoms with E-state index in [-0.39, 0.29) is 67.1 Å². The Morgan fingerprint density at radius 3 is 1.43 bits per heavy atom. The molecular formula is C48H77N11O12S3. The minimum absolute atomic E-state index is 0.00647. The number of aromatic nitrogens is 2. The Morgan fingerprint density at radius 2 is 1.00 bits per heavy atom. The van der Waals surface area contributed by atoms with Crippen molar-refractivity contribution >= 4 is 90.2 Å². The van der Waals surface area contributed by atoms with Gasteiger partial charge in [0.1, 0.15) is 54.1 Å². The molecule has 0 aliphatic heterocycles. The molecule has 0 unspecified atom stereocenters. The number of amides is 8. The fourth-order valence-corrected chi connectivity index (χ4v) is 8.33. The lowest BCUT2D eigenvalue weighted by Crippen LogP contribution is -2.62. The van der Waals surface area contributed by atoms with Crippen LogP contribution in [-0.2, 0) is 56.0 Å². The summed E-state index contributed by atoms with van der Waals surface area (Å²) in [6.45, 7) is 11.9. The van der Waals surface area contributed by atoms with Crippen molar-refractivity contribution in [3.8, 4) is 5.75 Å². The first kappa shape index (κ1) is 64.5. The number of carboxylic acid groups (broad SMARTS) is 1. The summed E-state index contributed by atoms with van der Waals surface area (Å²) in [5.74, 6) is -8.31. The summed E-state index contributed by atoms with van der Waals surface area (Å²) in [5, 5.41) is 50.5. The number of nitrogens with one attached hydrogen (secondary N) is 9. The van der Waals surface area contributed by atoms with Crippen molar-refractivity contribution in [3.63, 3.8) is 0 Å². The molecular weight excluding hydrogens is 1020 g/mol. The Balaban J connectivity index is 2.32. The van der Waals surface area contributed by atoms with Crippen LogP contribution in [0.25, 0.3) is 0 Å². The minimum atomic E-state index is -1.60. The molecule has 0 saturated heterocycles. The van der Waals surface area contributed by atoms with Crippen LogP contribution in [0, 0.1) is 17.8 Å². The highest BCUT2D eigenvalue weighted by Gasteiger charge is 2.36. The van der Waals surface area contributed by atoms with Crippen LogP contribution < -0.4 is 48.3 Å². The van der Waals surface area contributed by atoms with Crippen LogP contribution in [0.2, 0.25) is 0 Å². The third-order valence-electron chi connectivity index (χ3n) is 11.3. The maximum Gasteiger partial charge on any atom is 0.326 e. The summed E-state index contributed by atoms with van der Waals surface area (Å²) in [6.07, 6.45) is 3.55. The van der Waals surface area contributed by atoms with Gasteiger partial charge in [0.15, 0.2) is 0 Å². The first-order valence-electron chi connectivity index (χ1n) is 24.4. The van der Waals surface area contributed by atoms with E-state index in [4.69, 9.17) is 5.73 Å². The number of aliphatic carboxylic acids is 1. The summed E-state index contributed by atoms with van der Waals surface area (Å²) in [7, 11) is 0. The van der Waals surface area contributed by atoms with Crippen molar-refractivity contribution in [2.75, 3.05) is 23.5 Å². The first-order chi connectivity index (χ1) is 34.8. The van der Waals surface area contributed by atoms with Gasteiger partial charge in [0, 0.05) is 36.2 Å². The highest BCUT2D eigenvalue weighted by Crippen LogP contribution is 2.15. The summed E-state index contributed by atoms with van der Waals surface area (Å²) >= 11 is 10.0. The molecule has 10 atom stereocenters. The van der Waals surface area contributed by atoms with Gasteiger partial charge >= 0.3 is 5.97 Å². The number of nitrogens with two attached hydrogens (primary N) is 1. The first-order valence-corrected chi connectivity index (χ1v) is 27.0. The van der Waals surface area contributed by atoms with Gasteiger partial charge in [0.25, 0.3) is 0 Å². The number of imidazole rings is 1. The van der Waals surface area contributed by atoms with E-state index in [1.165, 1.54) is 43.3 Å². The smallest absolute Gasteiger partial charge is 0.326 e. The van der Waals surface area contributed by atoms with Gasteiger partial charge in [0.2, 0.25) is 47.3 Å². The fourth-order valence-electron chi connectivity index (χ4n) is 7.33. The maximum absolute atomic E-state index is 14.2. The lowest BCUT2D eigenvalue weighted by molar-refractivity contribution is -0.143. The second kappa shape index (κ2) is 32.7. The van der Waals surface area contributed by atoms with Crippen molar-refractivity contribution in [1.29, 1.82) is 0 Å². The Hall–Kier alpha value is -5.57. The van der Waals surface area contributed by atoms with E-state index in [0.717, 1.165) is 0 Å². The number of carbonyl (C=O) groups is 9. The number of phenolic OH excluding ortho intramolecular Hbond substituents is 1. The molecule has 8 amide bonds. The predicted octanol–water partition coefficient (Wildman–Crippen LogP) is -0.677. The van der Waals surface area contributed by atoms with Crippen molar-refractivity contribution in [2.45, 2.75) is 147 Å². The van der Waals surface area contributed by atoms with Crippen molar-refractivity contribution in [1.82, 2.24) is 52.5 Å². The number of carboxylic acids is 1. The number of thioether (sulfide) groups is 1. The average molecular weight is 1100 g/mol. The summed E-state index contributed by atoms with van der Waals surface area (Å²) in [5.41, 5.74) is 7.13. The van der Waals surface area contributed by atoms with Crippen LogP contribution in [0.1, 0.15) is 85.4 Å². The molecule has 0 saturated carbocycles. The molecule has 0 aliphatic carbocycles. The summed E-state index contributed by atoms with van der Waals surface area (Å²) in [4.78, 5) is 129. The monoisotopic (exact) mass is 1100 g/mol. The van der Waals surface area contributed by atoms with E-state index in [1.54, 1.807) is 39.8 Å². The second-order valence-corrected chi connectivity index (χ2v) is 21.0. The maximum atomic E-state index is 14.2. The van der Waals surface area contributed by atoms with Gasteiger partial charge in [-0.1, -0.05) is 53.7 Å². The van der Waals surface area contributed by atoms with Gasteiger partial charge < -0.3 is 68.6 Å². The number of aliphatic hydroxyl groups excluding tert-OH is 1. The highest BCUT2D eigenvalue weighted by atomic mass is 32.2. The van der Waals surface area contributed by atoms with Gasteiger partial charge in [-0.2, -0.15) is 37.0 Å². The molecule has 0 fully saturated rings. The Bertz CT molecular complexity index is 2150. The predicted molar refractivity (Wildman–Crippen MR) is 286 cm³/mol. The van der Waals surface area contributed by atoms with Gasteiger partial charge in [-0.25, -0.2) is 9.78 Å². The van der Waals surface area contributed by atoms with Crippen LogP contribution in [0.3, 0.4) is 0 Å². The largest absolute Gasteiger partial charge is 0.508 e.